The smallest absolute Gasteiger partial charge is 0.0788 e. The van der Waals surface area contributed by atoms with E-state index in [1.165, 1.54) is 92.0 Å². The van der Waals surface area contributed by atoms with Crippen LogP contribution in [0, 0.1) is 0 Å². The minimum Gasteiger partial charge on any atom is -0.247 e. The van der Waals surface area contributed by atoms with Crippen LogP contribution in [-0.4, -0.2) is 4.98 Å². The molecule has 57 heavy (non-hydrogen) atoms. The highest BCUT2D eigenvalue weighted by Crippen LogP contribution is 2.44. The predicted octanol–water partition coefficient (Wildman–Crippen LogP) is 15.8. The van der Waals surface area contributed by atoms with Crippen LogP contribution in [0.4, 0.5) is 0 Å². The van der Waals surface area contributed by atoms with Gasteiger partial charge in [-0.1, -0.05) is 182 Å². The van der Waals surface area contributed by atoms with Crippen molar-refractivity contribution in [2.75, 3.05) is 0 Å². The molecule has 0 atom stereocenters. The first-order chi connectivity index (χ1) is 28.2. The molecule has 266 valence electrons. The van der Waals surface area contributed by atoms with Gasteiger partial charge in [0, 0.05) is 41.9 Å². The lowest BCUT2D eigenvalue weighted by atomic mass is 9.91. The van der Waals surface area contributed by atoms with Crippen molar-refractivity contribution in [3.63, 3.8) is 0 Å². The molecule has 0 N–H and O–H groups in total. The number of pyridine rings is 1. The van der Waals surface area contributed by atoms with Crippen molar-refractivity contribution in [3.8, 4) is 66.9 Å². The molecule has 0 saturated heterocycles. The summed E-state index contributed by atoms with van der Waals surface area (Å²) in [5, 5.41) is 6.28. The molecular formula is C55H35NS. The lowest BCUT2D eigenvalue weighted by Gasteiger charge is -2.14. The number of nitrogens with zero attached hydrogens (tertiary/aromatic N) is 1. The van der Waals surface area contributed by atoms with Crippen LogP contribution in [0.5, 0.6) is 0 Å². The topological polar surface area (TPSA) is 12.9 Å². The molecule has 9 aromatic carbocycles. The fraction of sp³-hybridized carbons (Fsp3) is 0. The number of aromatic nitrogens is 1. The quantitative estimate of drug-likeness (QED) is 0.155. The zero-order valence-corrected chi connectivity index (χ0v) is 31.9. The number of hydrogen-bond acceptors (Lipinski definition) is 2. The number of para-hydroxylation sites is 1. The third-order valence-electron chi connectivity index (χ3n) is 11.3. The van der Waals surface area contributed by atoms with E-state index >= 15 is 0 Å². The molecule has 0 amide bonds. The van der Waals surface area contributed by atoms with Crippen molar-refractivity contribution in [1.82, 2.24) is 4.98 Å². The first-order valence-electron chi connectivity index (χ1n) is 19.4. The Kier molecular flexibility index (Phi) is 8.08. The van der Waals surface area contributed by atoms with Crippen LogP contribution in [0.2, 0.25) is 0 Å². The second-order valence-electron chi connectivity index (χ2n) is 14.7. The van der Waals surface area contributed by atoms with Crippen LogP contribution < -0.4 is 0 Å². The Bertz CT molecular complexity index is 3130. The van der Waals surface area contributed by atoms with E-state index in [4.69, 9.17) is 4.98 Å². The van der Waals surface area contributed by atoms with Crippen molar-refractivity contribution >= 4 is 53.2 Å². The molecular weight excluding hydrogens is 707 g/mol. The number of rotatable bonds is 6. The first-order valence-corrected chi connectivity index (χ1v) is 20.3. The standard InChI is InChI=1S/C55H35NS/c1-3-11-36(12-4-1)38-19-23-40(24-20-38)44-33-45(41-25-21-39(22-26-41)37-13-5-2-6-14-37)35-46(34-44)42-27-29-43(30-28-42)54-50-32-31-48-47-15-8-10-18-52(47)57-55(48)53(50)49-16-7-9-17-51(49)56-54/h1-35H. The van der Waals surface area contributed by atoms with Crippen molar-refractivity contribution in [3.05, 3.63) is 212 Å². The van der Waals surface area contributed by atoms with Gasteiger partial charge in [-0.2, -0.15) is 0 Å². The lowest BCUT2D eigenvalue weighted by molar-refractivity contribution is 1.43. The number of hydrogen-bond donors (Lipinski definition) is 0. The molecule has 11 rings (SSSR count). The lowest BCUT2D eigenvalue weighted by Crippen LogP contribution is -1.91. The van der Waals surface area contributed by atoms with Crippen LogP contribution in [0.3, 0.4) is 0 Å². The number of benzene rings is 9. The molecule has 0 aliphatic carbocycles. The average molecular weight is 742 g/mol. The first kappa shape index (κ1) is 33.2. The van der Waals surface area contributed by atoms with E-state index in [1.807, 2.05) is 11.3 Å². The third-order valence-corrected chi connectivity index (χ3v) is 12.5. The summed E-state index contributed by atoms with van der Waals surface area (Å²) >= 11 is 1.88. The molecule has 0 unspecified atom stereocenters. The fourth-order valence-corrected chi connectivity index (χ4v) is 9.62. The zero-order chi connectivity index (χ0) is 37.7. The second-order valence-corrected chi connectivity index (χ2v) is 15.8. The van der Waals surface area contributed by atoms with Crippen LogP contribution in [-0.2, 0) is 0 Å². The van der Waals surface area contributed by atoms with E-state index in [0.29, 0.717) is 0 Å². The normalized spacial score (nSPS) is 11.5. The van der Waals surface area contributed by atoms with Gasteiger partial charge in [0.05, 0.1) is 11.2 Å². The molecule has 0 spiro atoms. The summed E-state index contributed by atoms with van der Waals surface area (Å²) in [4.78, 5) is 5.31. The Morgan fingerprint density at radius 1 is 0.281 bits per heavy atom. The van der Waals surface area contributed by atoms with Crippen molar-refractivity contribution in [2.24, 2.45) is 0 Å². The van der Waals surface area contributed by atoms with Gasteiger partial charge in [-0.3, -0.25) is 0 Å². The molecule has 0 fully saturated rings. The van der Waals surface area contributed by atoms with E-state index in [9.17, 15) is 0 Å². The van der Waals surface area contributed by atoms with E-state index in [2.05, 4.69) is 212 Å². The Labute approximate surface area is 335 Å². The maximum Gasteiger partial charge on any atom is 0.0788 e. The number of fused-ring (bicyclic) bond motifs is 7. The SMILES string of the molecule is c1ccc(-c2ccc(-c3cc(-c4ccc(-c5ccccc5)cc4)cc(-c4ccc(-c5nc6ccccc6c6c5ccc5c7ccccc7sc56)cc4)c3)cc2)cc1. The summed E-state index contributed by atoms with van der Waals surface area (Å²) in [5.74, 6) is 0. The predicted molar refractivity (Wildman–Crippen MR) is 245 cm³/mol. The van der Waals surface area contributed by atoms with Crippen LogP contribution in [0.25, 0.3) is 109 Å². The Balaban J connectivity index is 1.02. The summed E-state index contributed by atoms with van der Waals surface area (Å²) in [6.07, 6.45) is 0. The van der Waals surface area contributed by atoms with Crippen LogP contribution >= 0.6 is 11.3 Å². The van der Waals surface area contributed by atoms with E-state index in [1.54, 1.807) is 0 Å². The second kappa shape index (κ2) is 13.9. The molecule has 2 heterocycles. The average Bonchev–Trinajstić information content (AvgIpc) is 3.68. The highest BCUT2D eigenvalue weighted by atomic mass is 32.1. The fourth-order valence-electron chi connectivity index (χ4n) is 8.36. The van der Waals surface area contributed by atoms with Crippen molar-refractivity contribution in [2.45, 2.75) is 0 Å². The third kappa shape index (κ3) is 5.99. The summed E-state index contributed by atoms with van der Waals surface area (Å²) in [5.41, 5.74) is 15.1. The van der Waals surface area contributed by atoms with Gasteiger partial charge in [0.2, 0.25) is 0 Å². The Morgan fingerprint density at radius 3 is 1.23 bits per heavy atom. The Morgan fingerprint density at radius 2 is 0.684 bits per heavy atom. The molecule has 0 aliphatic rings. The summed E-state index contributed by atoms with van der Waals surface area (Å²) in [7, 11) is 0. The van der Waals surface area contributed by atoms with E-state index in [0.717, 1.165) is 16.8 Å². The van der Waals surface area contributed by atoms with Crippen LogP contribution in [0.15, 0.2) is 212 Å². The molecule has 0 aliphatic heterocycles. The van der Waals surface area contributed by atoms with Gasteiger partial charge in [-0.15, -0.1) is 11.3 Å². The van der Waals surface area contributed by atoms with Crippen molar-refractivity contribution < 1.29 is 0 Å². The molecule has 1 nitrogen and oxygen atoms in total. The number of thiophene rings is 1. The molecule has 2 aromatic heterocycles. The van der Waals surface area contributed by atoms with Gasteiger partial charge in [-0.25, -0.2) is 4.98 Å². The highest BCUT2D eigenvalue weighted by Gasteiger charge is 2.17. The summed E-state index contributed by atoms with van der Waals surface area (Å²) in [6, 6.07) is 77.0. The zero-order valence-electron chi connectivity index (χ0n) is 31.1. The molecule has 0 bridgehead atoms. The molecule has 0 radical (unpaired) electrons. The van der Waals surface area contributed by atoms with Crippen LogP contribution in [0.1, 0.15) is 0 Å². The molecule has 11 aromatic rings. The minimum absolute atomic E-state index is 1.01. The van der Waals surface area contributed by atoms with Gasteiger partial charge >= 0.3 is 0 Å². The van der Waals surface area contributed by atoms with Gasteiger partial charge < -0.3 is 0 Å². The van der Waals surface area contributed by atoms with Gasteiger partial charge in [0.25, 0.3) is 0 Å². The Hall–Kier alpha value is -7.13. The van der Waals surface area contributed by atoms with Gasteiger partial charge in [0.1, 0.15) is 0 Å². The molecule has 2 heteroatoms. The van der Waals surface area contributed by atoms with E-state index in [-0.39, 0.29) is 0 Å². The maximum absolute atomic E-state index is 5.31. The largest absolute Gasteiger partial charge is 0.247 e. The summed E-state index contributed by atoms with van der Waals surface area (Å²) < 4.78 is 2.63. The molecule has 0 saturated carbocycles. The maximum atomic E-state index is 5.31. The van der Waals surface area contributed by atoms with Gasteiger partial charge in [-0.05, 0) is 86.0 Å². The van der Waals surface area contributed by atoms with Crippen molar-refractivity contribution in [1.29, 1.82) is 0 Å². The minimum atomic E-state index is 1.01. The summed E-state index contributed by atoms with van der Waals surface area (Å²) in [6.45, 7) is 0. The van der Waals surface area contributed by atoms with E-state index < -0.39 is 0 Å². The highest BCUT2D eigenvalue weighted by molar-refractivity contribution is 7.26. The van der Waals surface area contributed by atoms with Gasteiger partial charge in [0.15, 0.2) is 0 Å². The monoisotopic (exact) mass is 741 g/mol.